The molecule has 0 unspecified atom stereocenters. The van der Waals surface area contributed by atoms with Crippen molar-refractivity contribution in [3.8, 4) is 5.75 Å². The van der Waals surface area contributed by atoms with E-state index in [-0.39, 0.29) is 17.1 Å². The van der Waals surface area contributed by atoms with Gasteiger partial charge in [0.15, 0.2) is 0 Å². The lowest BCUT2D eigenvalue weighted by Gasteiger charge is -2.05. The first-order valence-corrected chi connectivity index (χ1v) is 4.64. The maximum atomic E-state index is 10.8. The summed E-state index contributed by atoms with van der Waals surface area (Å²) in [6.07, 6.45) is 0. The number of nitrogens with one attached hydrogen (secondary N) is 1. The van der Waals surface area contributed by atoms with Crippen molar-refractivity contribution in [2.24, 2.45) is 0 Å². The van der Waals surface area contributed by atoms with Crippen LogP contribution in [-0.4, -0.2) is 16.8 Å². The van der Waals surface area contributed by atoms with Crippen molar-refractivity contribution >= 4 is 23.3 Å². The van der Waals surface area contributed by atoms with E-state index < -0.39 is 16.8 Å². The lowest BCUT2D eigenvalue weighted by molar-refractivity contribution is -0.384. The van der Waals surface area contributed by atoms with Gasteiger partial charge in [-0.3, -0.25) is 19.7 Å². The molecule has 0 saturated carbocycles. The predicted molar refractivity (Wildman–Crippen MR) is 58.7 cm³/mol. The van der Waals surface area contributed by atoms with Crippen LogP contribution >= 0.6 is 0 Å². The number of anilines is 1. The molecule has 1 rings (SSSR count). The van der Waals surface area contributed by atoms with Gasteiger partial charge < -0.3 is 10.1 Å². The summed E-state index contributed by atoms with van der Waals surface area (Å²) in [7, 11) is 0. The highest BCUT2D eigenvalue weighted by molar-refractivity contribution is 5.91. The molecule has 1 N–H and O–H groups in total. The second-order valence-electron chi connectivity index (χ2n) is 3.21. The summed E-state index contributed by atoms with van der Waals surface area (Å²) in [5.41, 5.74) is -0.280. The third kappa shape index (κ3) is 3.56. The molecule has 0 aliphatic rings. The minimum Gasteiger partial charge on any atom is -0.426 e. The molecule has 0 aliphatic carbocycles. The Labute approximate surface area is 96.5 Å². The molecule has 0 saturated heterocycles. The summed E-state index contributed by atoms with van der Waals surface area (Å²) in [5.74, 6) is -0.946. The van der Waals surface area contributed by atoms with Crippen LogP contribution in [0, 0.1) is 10.1 Å². The Hall–Kier alpha value is -2.44. The second kappa shape index (κ2) is 5.06. The summed E-state index contributed by atoms with van der Waals surface area (Å²) >= 11 is 0. The predicted octanol–water partition coefficient (Wildman–Crippen LogP) is 1.48. The van der Waals surface area contributed by atoms with Crippen molar-refractivity contribution in [2.45, 2.75) is 13.8 Å². The first-order chi connectivity index (χ1) is 7.90. The molecule has 0 heterocycles. The Morgan fingerprint density at radius 2 is 2.00 bits per heavy atom. The van der Waals surface area contributed by atoms with Crippen LogP contribution in [0.4, 0.5) is 11.4 Å². The van der Waals surface area contributed by atoms with E-state index in [0.717, 1.165) is 6.07 Å². The van der Waals surface area contributed by atoms with Gasteiger partial charge in [-0.1, -0.05) is 0 Å². The van der Waals surface area contributed by atoms with E-state index in [1.54, 1.807) is 0 Å². The SMILES string of the molecule is CC(=O)Nc1ccc(OC(C)=O)cc1[N+](=O)[O-]. The van der Waals surface area contributed by atoms with Gasteiger partial charge in [-0.15, -0.1) is 0 Å². The van der Waals surface area contributed by atoms with E-state index in [1.165, 1.54) is 26.0 Å². The molecule has 0 aliphatic heterocycles. The number of nitro groups is 1. The normalized spacial score (nSPS) is 9.53. The number of esters is 1. The van der Waals surface area contributed by atoms with Crippen molar-refractivity contribution in [2.75, 3.05) is 5.32 Å². The lowest BCUT2D eigenvalue weighted by atomic mass is 10.2. The Balaban J connectivity index is 3.12. The quantitative estimate of drug-likeness (QED) is 0.372. The zero-order valence-electron chi connectivity index (χ0n) is 9.22. The number of ether oxygens (including phenoxy) is 1. The van der Waals surface area contributed by atoms with Crippen LogP contribution in [0.2, 0.25) is 0 Å². The molecule has 0 fully saturated rings. The molecule has 7 nitrogen and oxygen atoms in total. The average Bonchev–Trinajstić information content (AvgIpc) is 2.18. The largest absolute Gasteiger partial charge is 0.426 e. The Bertz CT molecular complexity index is 484. The van der Waals surface area contributed by atoms with Crippen LogP contribution in [-0.2, 0) is 9.59 Å². The van der Waals surface area contributed by atoms with Crippen LogP contribution in [0.25, 0.3) is 0 Å². The summed E-state index contributed by atoms with van der Waals surface area (Å²) in [6.45, 7) is 2.43. The van der Waals surface area contributed by atoms with Gasteiger partial charge in [0, 0.05) is 13.8 Å². The maximum absolute atomic E-state index is 10.8. The van der Waals surface area contributed by atoms with Gasteiger partial charge >= 0.3 is 5.97 Å². The first-order valence-electron chi connectivity index (χ1n) is 4.64. The van der Waals surface area contributed by atoms with E-state index in [9.17, 15) is 19.7 Å². The standard InChI is InChI=1S/C10H10N2O5/c1-6(13)11-9-4-3-8(17-7(2)14)5-10(9)12(15)16/h3-5H,1-2H3,(H,11,13). The van der Waals surface area contributed by atoms with Crippen molar-refractivity contribution in [3.05, 3.63) is 28.3 Å². The molecule has 90 valence electrons. The van der Waals surface area contributed by atoms with Gasteiger partial charge in [0.1, 0.15) is 11.4 Å². The third-order valence-electron chi connectivity index (χ3n) is 1.74. The van der Waals surface area contributed by atoms with Gasteiger partial charge in [-0.05, 0) is 12.1 Å². The van der Waals surface area contributed by atoms with Gasteiger partial charge in [-0.2, -0.15) is 0 Å². The molecular formula is C10H10N2O5. The van der Waals surface area contributed by atoms with E-state index >= 15 is 0 Å². The van der Waals surface area contributed by atoms with Crippen LogP contribution in [0.3, 0.4) is 0 Å². The summed E-state index contributed by atoms with van der Waals surface area (Å²) < 4.78 is 4.71. The number of rotatable bonds is 3. The zero-order valence-corrected chi connectivity index (χ0v) is 9.22. The fourth-order valence-corrected chi connectivity index (χ4v) is 1.19. The summed E-state index contributed by atoms with van der Waals surface area (Å²) in [5, 5.41) is 13.1. The van der Waals surface area contributed by atoms with E-state index in [2.05, 4.69) is 5.32 Å². The van der Waals surface area contributed by atoms with Crippen LogP contribution in [0.1, 0.15) is 13.8 Å². The Kier molecular flexibility index (Phi) is 3.76. The van der Waals surface area contributed by atoms with Crippen molar-refractivity contribution in [1.82, 2.24) is 0 Å². The topological polar surface area (TPSA) is 98.5 Å². The van der Waals surface area contributed by atoms with E-state index in [4.69, 9.17) is 4.74 Å². The highest BCUT2D eigenvalue weighted by atomic mass is 16.6. The van der Waals surface area contributed by atoms with E-state index in [1.807, 2.05) is 0 Å². The number of benzene rings is 1. The van der Waals surface area contributed by atoms with Gasteiger partial charge in [0.2, 0.25) is 5.91 Å². The van der Waals surface area contributed by atoms with Gasteiger partial charge in [0.05, 0.1) is 11.0 Å². The Morgan fingerprint density at radius 1 is 1.35 bits per heavy atom. The number of carbonyl (C=O) groups is 2. The molecule has 7 heteroatoms. The minimum absolute atomic E-state index is 0.0540. The number of nitrogens with zero attached hydrogens (tertiary/aromatic N) is 1. The third-order valence-corrected chi connectivity index (χ3v) is 1.74. The van der Waals surface area contributed by atoms with Crippen LogP contribution in [0.5, 0.6) is 5.75 Å². The first kappa shape index (κ1) is 12.6. The van der Waals surface area contributed by atoms with Crippen LogP contribution < -0.4 is 10.1 Å². The monoisotopic (exact) mass is 238 g/mol. The number of nitro benzene ring substituents is 1. The fourth-order valence-electron chi connectivity index (χ4n) is 1.19. The maximum Gasteiger partial charge on any atom is 0.308 e. The molecule has 0 radical (unpaired) electrons. The fraction of sp³-hybridized carbons (Fsp3) is 0.200. The lowest BCUT2D eigenvalue weighted by Crippen LogP contribution is -2.08. The molecule has 0 spiro atoms. The van der Waals surface area contributed by atoms with Crippen LogP contribution in [0.15, 0.2) is 18.2 Å². The van der Waals surface area contributed by atoms with Gasteiger partial charge in [0.25, 0.3) is 5.69 Å². The van der Waals surface area contributed by atoms with Crippen molar-refractivity contribution < 1.29 is 19.2 Å². The molecule has 17 heavy (non-hydrogen) atoms. The molecular weight excluding hydrogens is 228 g/mol. The molecule has 1 aromatic rings. The highest BCUT2D eigenvalue weighted by Crippen LogP contribution is 2.29. The van der Waals surface area contributed by atoms with E-state index in [0.29, 0.717) is 0 Å². The minimum atomic E-state index is -0.668. The summed E-state index contributed by atoms with van der Waals surface area (Å²) in [6, 6.07) is 3.74. The highest BCUT2D eigenvalue weighted by Gasteiger charge is 2.16. The molecule has 0 aromatic heterocycles. The molecule has 1 aromatic carbocycles. The second-order valence-corrected chi connectivity index (χ2v) is 3.21. The van der Waals surface area contributed by atoms with Crippen molar-refractivity contribution in [1.29, 1.82) is 0 Å². The molecule has 0 bridgehead atoms. The Morgan fingerprint density at radius 3 is 2.47 bits per heavy atom. The van der Waals surface area contributed by atoms with Crippen molar-refractivity contribution in [3.63, 3.8) is 0 Å². The number of amides is 1. The van der Waals surface area contributed by atoms with Gasteiger partial charge in [-0.25, -0.2) is 0 Å². The number of carbonyl (C=O) groups excluding carboxylic acids is 2. The number of hydrogen-bond acceptors (Lipinski definition) is 5. The molecule has 0 atom stereocenters. The smallest absolute Gasteiger partial charge is 0.308 e. The average molecular weight is 238 g/mol. The summed E-state index contributed by atoms with van der Waals surface area (Å²) in [4.78, 5) is 31.6. The zero-order chi connectivity index (χ0) is 13.0. The number of hydrogen-bond donors (Lipinski definition) is 1. The molecule has 1 amide bonds.